The summed E-state index contributed by atoms with van der Waals surface area (Å²) in [5.41, 5.74) is 2.13. The lowest BCUT2D eigenvalue weighted by atomic mass is 10.1. The number of ether oxygens (including phenoxy) is 1. The van der Waals surface area contributed by atoms with Gasteiger partial charge in [-0.15, -0.1) is 0 Å². The number of amides is 1. The van der Waals surface area contributed by atoms with Crippen LogP contribution in [0.2, 0.25) is 0 Å². The number of carbonyl (C=O) groups excluding carboxylic acids is 1. The van der Waals surface area contributed by atoms with Crippen molar-refractivity contribution in [3.05, 3.63) is 29.8 Å². The number of rotatable bonds is 4. The molecule has 98 valence electrons. The monoisotopic (exact) mass is 249 g/mol. The summed E-state index contributed by atoms with van der Waals surface area (Å²) in [5.74, 6) is 0.0906. The molecule has 1 aromatic rings. The topological polar surface area (TPSA) is 42.8 Å². The van der Waals surface area contributed by atoms with Crippen molar-refractivity contribution in [1.82, 2.24) is 0 Å². The first-order valence-corrected chi connectivity index (χ1v) is 6.58. The van der Waals surface area contributed by atoms with E-state index >= 15 is 0 Å². The van der Waals surface area contributed by atoms with Crippen LogP contribution in [0.25, 0.3) is 0 Å². The predicted molar refractivity (Wildman–Crippen MR) is 70.8 cm³/mol. The van der Waals surface area contributed by atoms with E-state index in [2.05, 4.69) is 18.3 Å². The van der Waals surface area contributed by atoms with Crippen molar-refractivity contribution in [1.29, 1.82) is 0 Å². The molecule has 0 aliphatic carbocycles. The molecule has 0 aromatic heterocycles. The van der Waals surface area contributed by atoms with Gasteiger partial charge in [0.2, 0.25) is 0 Å². The number of quaternary nitrogens is 1. The van der Waals surface area contributed by atoms with Gasteiger partial charge in [-0.1, -0.05) is 25.1 Å². The van der Waals surface area contributed by atoms with Crippen molar-refractivity contribution in [2.24, 2.45) is 0 Å². The highest BCUT2D eigenvalue weighted by molar-refractivity contribution is 5.92. The van der Waals surface area contributed by atoms with Crippen LogP contribution in [-0.4, -0.2) is 38.8 Å². The van der Waals surface area contributed by atoms with E-state index in [0.29, 0.717) is 6.54 Å². The Morgan fingerprint density at radius 3 is 2.78 bits per heavy atom. The summed E-state index contributed by atoms with van der Waals surface area (Å²) in [5, 5.41) is 3.01. The van der Waals surface area contributed by atoms with Gasteiger partial charge in [0, 0.05) is 5.69 Å². The number of morpholine rings is 1. The summed E-state index contributed by atoms with van der Waals surface area (Å²) in [4.78, 5) is 13.3. The fourth-order valence-corrected chi connectivity index (χ4v) is 2.21. The maximum Gasteiger partial charge on any atom is 0.279 e. The first kappa shape index (κ1) is 13.1. The molecule has 4 nitrogen and oxygen atoms in total. The fraction of sp³-hybridized carbons (Fsp3) is 0.500. The van der Waals surface area contributed by atoms with Crippen molar-refractivity contribution in [2.45, 2.75) is 13.3 Å². The molecular weight excluding hydrogens is 228 g/mol. The highest BCUT2D eigenvalue weighted by Gasteiger charge is 2.17. The van der Waals surface area contributed by atoms with Crippen LogP contribution in [-0.2, 0) is 16.0 Å². The minimum absolute atomic E-state index is 0.0906. The maximum atomic E-state index is 12.0. The second kappa shape index (κ2) is 6.52. The Bertz CT molecular complexity index is 401. The largest absolute Gasteiger partial charge is 0.370 e. The van der Waals surface area contributed by atoms with Gasteiger partial charge in [0.05, 0.1) is 13.2 Å². The van der Waals surface area contributed by atoms with E-state index in [1.54, 1.807) is 0 Å². The third-order valence-electron chi connectivity index (χ3n) is 3.28. The standard InChI is InChI=1S/C14H20N2O2/c1-2-12-5-3-4-6-13(12)15-14(17)11-16-7-9-18-10-8-16/h3-6H,2,7-11H2,1H3,(H,15,17)/p+1. The van der Waals surface area contributed by atoms with Crippen molar-refractivity contribution in [2.75, 3.05) is 38.2 Å². The molecule has 2 N–H and O–H groups in total. The second-order valence-corrected chi connectivity index (χ2v) is 4.60. The molecule has 1 aliphatic rings. The number of hydrogen-bond donors (Lipinski definition) is 2. The zero-order valence-corrected chi connectivity index (χ0v) is 10.9. The number of hydrogen-bond acceptors (Lipinski definition) is 2. The van der Waals surface area contributed by atoms with E-state index in [9.17, 15) is 4.79 Å². The molecule has 0 bridgehead atoms. The van der Waals surface area contributed by atoms with Crippen LogP contribution in [0, 0.1) is 0 Å². The molecule has 2 rings (SSSR count). The summed E-state index contributed by atoms with van der Waals surface area (Å²) in [6.07, 6.45) is 0.931. The molecule has 0 spiro atoms. The highest BCUT2D eigenvalue weighted by atomic mass is 16.5. The molecule has 1 fully saturated rings. The lowest BCUT2D eigenvalue weighted by Crippen LogP contribution is -3.15. The summed E-state index contributed by atoms with van der Waals surface area (Å²) in [6.45, 7) is 5.98. The van der Waals surface area contributed by atoms with Gasteiger partial charge in [-0.3, -0.25) is 4.79 Å². The summed E-state index contributed by atoms with van der Waals surface area (Å²) < 4.78 is 5.28. The van der Waals surface area contributed by atoms with Crippen LogP contribution >= 0.6 is 0 Å². The van der Waals surface area contributed by atoms with E-state index in [1.807, 2.05) is 18.2 Å². The number of benzene rings is 1. The Kier molecular flexibility index (Phi) is 4.73. The molecule has 4 heteroatoms. The van der Waals surface area contributed by atoms with E-state index < -0.39 is 0 Å². The van der Waals surface area contributed by atoms with Crippen molar-refractivity contribution >= 4 is 11.6 Å². The molecule has 0 atom stereocenters. The minimum atomic E-state index is 0.0906. The average molecular weight is 249 g/mol. The van der Waals surface area contributed by atoms with Gasteiger partial charge in [0.25, 0.3) is 5.91 Å². The van der Waals surface area contributed by atoms with Crippen LogP contribution in [0.1, 0.15) is 12.5 Å². The molecular formula is C14H21N2O2+. The van der Waals surface area contributed by atoms with Gasteiger partial charge in [0.15, 0.2) is 6.54 Å². The smallest absolute Gasteiger partial charge is 0.279 e. The maximum absolute atomic E-state index is 12.0. The fourth-order valence-electron chi connectivity index (χ4n) is 2.21. The van der Waals surface area contributed by atoms with E-state index in [1.165, 1.54) is 10.5 Å². The number of aryl methyl sites for hydroxylation is 1. The van der Waals surface area contributed by atoms with Crippen LogP contribution in [0.5, 0.6) is 0 Å². The van der Waals surface area contributed by atoms with Crippen LogP contribution in [0.3, 0.4) is 0 Å². The number of anilines is 1. The number of para-hydroxylation sites is 1. The highest BCUT2D eigenvalue weighted by Crippen LogP contribution is 2.14. The van der Waals surface area contributed by atoms with Gasteiger partial charge in [-0.05, 0) is 18.1 Å². The van der Waals surface area contributed by atoms with Crippen LogP contribution in [0.15, 0.2) is 24.3 Å². The van der Waals surface area contributed by atoms with Crippen LogP contribution < -0.4 is 10.2 Å². The molecule has 0 radical (unpaired) electrons. The molecule has 1 amide bonds. The summed E-state index contributed by atoms with van der Waals surface area (Å²) in [7, 11) is 0. The zero-order valence-electron chi connectivity index (χ0n) is 10.9. The van der Waals surface area contributed by atoms with Gasteiger partial charge >= 0.3 is 0 Å². The third-order valence-corrected chi connectivity index (χ3v) is 3.28. The molecule has 0 unspecified atom stereocenters. The van der Waals surface area contributed by atoms with Crippen molar-refractivity contribution in [3.63, 3.8) is 0 Å². The molecule has 1 aliphatic heterocycles. The van der Waals surface area contributed by atoms with Crippen molar-refractivity contribution < 1.29 is 14.4 Å². The number of carbonyl (C=O) groups is 1. The number of nitrogens with one attached hydrogen (secondary N) is 2. The Hall–Kier alpha value is -1.39. The second-order valence-electron chi connectivity index (χ2n) is 4.60. The predicted octanol–water partition coefficient (Wildman–Crippen LogP) is 0.103. The quantitative estimate of drug-likeness (QED) is 0.795. The molecule has 18 heavy (non-hydrogen) atoms. The first-order chi connectivity index (χ1) is 8.79. The summed E-state index contributed by atoms with van der Waals surface area (Å²) >= 11 is 0. The van der Waals surface area contributed by atoms with E-state index in [-0.39, 0.29) is 5.91 Å². The average Bonchev–Trinajstić information content (AvgIpc) is 2.40. The third kappa shape index (κ3) is 3.55. The zero-order chi connectivity index (χ0) is 12.8. The molecule has 1 heterocycles. The molecule has 1 saturated heterocycles. The van der Waals surface area contributed by atoms with Crippen molar-refractivity contribution in [3.8, 4) is 0 Å². The minimum Gasteiger partial charge on any atom is -0.370 e. The lowest BCUT2D eigenvalue weighted by Gasteiger charge is -2.23. The Balaban J connectivity index is 1.90. The van der Waals surface area contributed by atoms with Gasteiger partial charge in [-0.25, -0.2) is 0 Å². The first-order valence-electron chi connectivity index (χ1n) is 6.58. The van der Waals surface area contributed by atoms with Crippen LogP contribution in [0.4, 0.5) is 5.69 Å². The van der Waals surface area contributed by atoms with Gasteiger partial charge < -0.3 is 15.0 Å². The van der Waals surface area contributed by atoms with E-state index in [4.69, 9.17) is 4.74 Å². The Morgan fingerprint density at radius 1 is 1.33 bits per heavy atom. The normalized spacial score (nSPS) is 16.5. The van der Waals surface area contributed by atoms with Gasteiger partial charge in [0.1, 0.15) is 13.1 Å². The SMILES string of the molecule is CCc1ccccc1NC(=O)C[NH+]1CCOCC1. The summed E-state index contributed by atoms with van der Waals surface area (Å²) in [6, 6.07) is 7.97. The van der Waals surface area contributed by atoms with E-state index in [0.717, 1.165) is 38.4 Å². The molecule has 0 saturated carbocycles. The Labute approximate surface area is 108 Å². The Morgan fingerprint density at radius 2 is 2.06 bits per heavy atom. The molecule has 1 aromatic carbocycles. The lowest BCUT2D eigenvalue weighted by molar-refractivity contribution is -0.899. The van der Waals surface area contributed by atoms with Gasteiger partial charge in [-0.2, -0.15) is 0 Å².